The molecule has 0 saturated heterocycles. The summed E-state index contributed by atoms with van der Waals surface area (Å²) >= 11 is 0. The molecular formula is C18H29N. The van der Waals surface area contributed by atoms with E-state index < -0.39 is 0 Å². The van der Waals surface area contributed by atoms with Gasteiger partial charge in [-0.1, -0.05) is 63.3 Å². The first kappa shape index (κ1) is 14.6. The van der Waals surface area contributed by atoms with E-state index in [4.69, 9.17) is 0 Å². The molecule has 0 radical (unpaired) electrons. The fourth-order valence-corrected chi connectivity index (χ4v) is 3.29. The number of benzene rings is 1. The van der Waals surface area contributed by atoms with Crippen molar-refractivity contribution in [1.82, 2.24) is 5.32 Å². The molecule has 2 rings (SSSR count). The van der Waals surface area contributed by atoms with Crippen LogP contribution in [0.4, 0.5) is 0 Å². The Labute approximate surface area is 118 Å². The second-order valence-corrected chi connectivity index (χ2v) is 6.02. The van der Waals surface area contributed by atoms with Crippen molar-refractivity contribution in [3.8, 4) is 0 Å². The van der Waals surface area contributed by atoms with E-state index in [2.05, 4.69) is 43.6 Å². The van der Waals surface area contributed by atoms with Gasteiger partial charge in [-0.2, -0.15) is 0 Å². The summed E-state index contributed by atoms with van der Waals surface area (Å²) < 4.78 is 0. The molecule has 0 aromatic heterocycles. The van der Waals surface area contributed by atoms with Gasteiger partial charge in [0, 0.05) is 6.04 Å². The highest BCUT2D eigenvalue weighted by Gasteiger charge is 2.27. The van der Waals surface area contributed by atoms with Crippen LogP contribution in [-0.4, -0.2) is 13.1 Å². The van der Waals surface area contributed by atoms with Crippen molar-refractivity contribution in [2.24, 2.45) is 0 Å². The lowest BCUT2D eigenvalue weighted by Crippen LogP contribution is -2.30. The number of hydrogen-bond donors (Lipinski definition) is 1. The van der Waals surface area contributed by atoms with E-state index in [0.29, 0.717) is 6.04 Å². The van der Waals surface area contributed by atoms with Crippen LogP contribution < -0.4 is 5.32 Å². The average molecular weight is 259 g/mol. The van der Waals surface area contributed by atoms with Gasteiger partial charge in [0.05, 0.1) is 0 Å². The maximum absolute atomic E-state index is 3.52. The number of unbranched alkanes of at least 4 members (excludes halogenated alkanes) is 4. The van der Waals surface area contributed by atoms with E-state index in [1.54, 1.807) is 11.1 Å². The third-order valence-electron chi connectivity index (χ3n) is 4.59. The molecule has 1 aliphatic carbocycles. The minimum absolute atomic E-state index is 0.708. The highest BCUT2D eigenvalue weighted by Crippen LogP contribution is 2.38. The SMILES string of the molecule is CCCCCCCC(CC1Cc2ccccc21)NC. The van der Waals surface area contributed by atoms with Gasteiger partial charge in [0.15, 0.2) is 0 Å². The summed E-state index contributed by atoms with van der Waals surface area (Å²) in [6, 6.07) is 9.66. The van der Waals surface area contributed by atoms with Crippen molar-refractivity contribution in [2.45, 2.75) is 70.3 Å². The third kappa shape index (κ3) is 4.07. The van der Waals surface area contributed by atoms with Gasteiger partial charge in [-0.3, -0.25) is 0 Å². The van der Waals surface area contributed by atoms with Crippen LogP contribution in [0.3, 0.4) is 0 Å². The summed E-state index contributed by atoms with van der Waals surface area (Å²) in [6.07, 6.45) is 10.9. The first-order valence-corrected chi connectivity index (χ1v) is 8.10. The second-order valence-electron chi connectivity index (χ2n) is 6.02. The van der Waals surface area contributed by atoms with E-state index >= 15 is 0 Å². The van der Waals surface area contributed by atoms with Gasteiger partial charge in [-0.25, -0.2) is 0 Å². The molecule has 0 fully saturated rings. The summed E-state index contributed by atoms with van der Waals surface area (Å²) in [5.74, 6) is 0.810. The zero-order valence-electron chi connectivity index (χ0n) is 12.6. The van der Waals surface area contributed by atoms with Crippen molar-refractivity contribution in [1.29, 1.82) is 0 Å². The molecule has 0 amide bonds. The molecule has 106 valence electrons. The lowest BCUT2D eigenvalue weighted by molar-refractivity contribution is 0.405. The molecule has 1 N–H and O–H groups in total. The van der Waals surface area contributed by atoms with E-state index in [1.165, 1.54) is 51.4 Å². The molecule has 1 nitrogen and oxygen atoms in total. The molecule has 2 unspecified atom stereocenters. The van der Waals surface area contributed by atoms with Gasteiger partial charge in [-0.15, -0.1) is 0 Å². The molecule has 0 aliphatic heterocycles. The molecule has 19 heavy (non-hydrogen) atoms. The Morgan fingerprint density at radius 3 is 2.68 bits per heavy atom. The largest absolute Gasteiger partial charge is 0.317 e. The normalized spacial score (nSPS) is 18.7. The molecule has 0 bridgehead atoms. The van der Waals surface area contributed by atoms with Crippen LogP contribution in [0.2, 0.25) is 0 Å². The summed E-state index contributed by atoms with van der Waals surface area (Å²) in [5.41, 5.74) is 3.18. The Morgan fingerprint density at radius 2 is 1.95 bits per heavy atom. The molecule has 1 aromatic carbocycles. The fourth-order valence-electron chi connectivity index (χ4n) is 3.29. The van der Waals surface area contributed by atoms with Crippen molar-refractivity contribution >= 4 is 0 Å². The van der Waals surface area contributed by atoms with Gasteiger partial charge in [0.25, 0.3) is 0 Å². The maximum Gasteiger partial charge on any atom is 0.00700 e. The molecule has 1 heteroatoms. The van der Waals surface area contributed by atoms with Crippen molar-refractivity contribution in [3.05, 3.63) is 35.4 Å². The minimum atomic E-state index is 0.708. The van der Waals surface area contributed by atoms with E-state index in [1.807, 2.05) is 0 Å². The molecule has 1 aliphatic rings. The van der Waals surface area contributed by atoms with Crippen LogP contribution >= 0.6 is 0 Å². The number of nitrogens with one attached hydrogen (secondary N) is 1. The number of hydrogen-bond acceptors (Lipinski definition) is 1. The fraction of sp³-hybridized carbons (Fsp3) is 0.667. The van der Waals surface area contributed by atoms with Crippen LogP contribution in [0.15, 0.2) is 24.3 Å². The average Bonchev–Trinajstić information content (AvgIpc) is 2.42. The van der Waals surface area contributed by atoms with Crippen molar-refractivity contribution in [3.63, 3.8) is 0 Å². The standard InChI is InChI=1S/C18H29N/c1-3-4-5-6-7-11-17(19-2)14-16-13-15-10-8-9-12-18(15)16/h8-10,12,16-17,19H,3-7,11,13-14H2,1-2H3. The smallest absolute Gasteiger partial charge is 0.00700 e. The zero-order chi connectivity index (χ0) is 13.5. The van der Waals surface area contributed by atoms with Crippen LogP contribution in [0.5, 0.6) is 0 Å². The van der Waals surface area contributed by atoms with E-state index in [-0.39, 0.29) is 0 Å². The monoisotopic (exact) mass is 259 g/mol. The second kappa shape index (κ2) is 7.69. The molecule has 0 heterocycles. The zero-order valence-corrected chi connectivity index (χ0v) is 12.6. The number of fused-ring (bicyclic) bond motifs is 1. The predicted octanol–water partition coefficient (Wildman–Crippen LogP) is 4.66. The van der Waals surface area contributed by atoms with Crippen LogP contribution in [0, 0.1) is 0 Å². The van der Waals surface area contributed by atoms with Gasteiger partial charge in [0.2, 0.25) is 0 Å². The van der Waals surface area contributed by atoms with Crippen molar-refractivity contribution < 1.29 is 0 Å². The Bertz CT molecular complexity index is 372. The minimum Gasteiger partial charge on any atom is -0.317 e. The summed E-state index contributed by atoms with van der Waals surface area (Å²) in [4.78, 5) is 0. The summed E-state index contributed by atoms with van der Waals surface area (Å²) in [5, 5.41) is 3.52. The van der Waals surface area contributed by atoms with Crippen LogP contribution in [0.25, 0.3) is 0 Å². The quantitative estimate of drug-likeness (QED) is 0.636. The van der Waals surface area contributed by atoms with Gasteiger partial charge in [0.1, 0.15) is 0 Å². The van der Waals surface area contributed by atoms with Gasteiger partial charge < -0.3 is 5.32 Å². The Balaban J connectivity index is 1.69. The van der Waals surface area contributed by atoms with Crippen LogP contribution in [0.1, 0.15) is 68.9 Å². The van der Waals surface area contributed by atoms with Gasteiger partial charge >= 0.3 is 0 Å². The lowest BCUT2D eigenvalue weighted by Gasteiger charge is -2.33. The lowest BCUT2D eigenvalue weighted by atomic mass is 9.74. The summed E-state index contributed by atoms with van der Waals surface area (Å²) in [6.45, 7) is 2.28. The highest BCUT2D eigenvalue weighted by atomic mass is 14.9. The van der Waals surface area contributed by atoms with Crippen molar-refractivity contribution in [2.75, 3.05) is 7.05 Å². The third-order valence-corrected chi connectivity index (χ3v) is 4.59. The predicted molar refractivity (Wildman–Crippen MR) is 83.7 cm³/mol. The van der Waals surface area contributed by atoms with Gasteiger partial charge in [-0.05, 0) is 43.4 Å². The van der Waals surface area contributed by atoms with E-state index in [0.717, 1.165) is 5.92 Å². The topological polar surface area (TPSA) is 12.0 Å². The van der Waals surface area contributed by atoms with Crippen LogP contribution in [-0.2, 0) is 6.42 Å². The molecular weight excluding hydrogens is 230 g/mol. The first-order chi connectivity index (χ1) is 9.35. The Hall–Kier alpha value is -0.820. The molecule has 2 atom stereocenters. The number of rotatable bonds is 9. The Morgan fingerprint density at radius 1 is 1.16 bits per heavy atom. The summed E-state index contributed by atoms with van der Waals surface area (Å²) in [7, 11) is 2.13. The highest BCUT2D eigenvalue weighted by molar-refractivity contribution is 5.39. The maximum atomic E-state index is 3.52. The molecule has 0 spiro atoms. The molecule has 0 saturated carbocycles. The molecule has 1 aromatic rings. The first-order valence-electron chi connectivity index (χ1n) is 8.10. The van der Waals surface area contributed by atoms with E-state index in [9.17, 15) is 0 Å². The Kier molecular flexibility index (Phi) is 5.91.